The molecule has 1 atom stereocenters. The molecule has 0 spiro atoms. The van der Waals surface area contributed by atoms with Crippen molar-refractivity contribution in [2.24, 2.45) is 0 Å². The van der Waals surface area contributed by atoms with E-state index in [1.165, 1.54) is 34.0 Å². The molecule has 4 nitrogen and oxygen atoms in total. The van der Waals surface area contributed by atoms with Crippen molar-refractivity contribution in [2.75, 3.05) is 0 Å². The quantitative estimate of drug-likeness (QED) is 0.646. The number of hydrogen-bond donors (Lipinski definition) is 2. The van der Waals surface area contributed by atoms with Gasteiger partial charge in [-0.05, 0) is 69.0 Å². The minimum Gasteiger partial charge on any atom is -0.272 e. The molecule has 2 aromatic carbocycles. The van der Waals surface area contributed by atoms with Crippen LogP contribution in [0.3, 0.4) is 0 Å². The van der Waals surface area contributed by atoms with Crippen molar-refractivity contribution < 1.29 is 9.59 Å². The van der Waals surface area contributed by atoms with Gasteiger partial charge in [-0.2, -0.15) is 0 Å². The average molecular weight is 356 g/mol. The highest BCUT2D eigenvalue weighted by Crippen LogP contribution is 2.33. The molecule has 2 amide bonds. The first-order valence-electron chi connectivity index (χ1n) is 8.20. The highest BCUT2D eigenvalue weighted by molar-refractivity contribution is 8.00. The number of carbonyl (C=O) groups is 2. The summed E-state index contributed by atoms with van der Waals surface area (Å²) in [6.45, 7) is 10.1. The van der Waals surface area contributed by atoms with Gasteiger partial charge < -0.3 is 0 Å². The van der Waals surface area contributed by atoms with E-state index in [2.05, 4.69) is 44.6 Å². The maximum atomic E-state index is 12.3. The molecule has 5 heteroatoms. The summed E-state index contributed by atoms with van der Waals surface area (Å²) in [5.41, 5.74) is 10.3. The lowest BCUT2D eigenvalue weighted by molar-refractivity contribution is -0.121. The Kier molecular flexibility index (Phi) is 6.26. The molecule has 2 rings (SSSR count). The molecule has 0 radical (unpaired) electrons. The molecular weight excluding hydrogens is 332 g/mol. The van der Waals surface area contributed by atoms with Crippen molar-refractivity contribution in [1.82, 2.24) is 10.9 Å². The Labute approximate surface area is 153 Å². The van der Waals surface area contributed by atoms with Crippen LogP contribution >= 0.6 is 11.8 Å². The van der Waals surface area contributed by atoms with Crippen LogP contribution in [0, 0.1) is 27.7 Å². The van der Waals surface area contributed by atoms with Crippen molar-refractivity contribution >= 4 is 23.6 Å². The molecule has 0 saturated carbocycles. The van der Waals surface area contributed by atoms with Gasteiger partial charge in [0.1, 0.15) is 0 Å². The summed E-state index contributed by atoms with van der Waals surface area (Å²) in [5, 5.41) is -0.324. The summed E-state index contributed by atoms with van der Waals surface area (Å²) in [5.74, 6) is -0.558. The highest BCUT2D eigenvalue weighted by Gasteiger charge is 2.19. The van der Waals surface area contributed by atoms with Gasteiger partial charge in [0.2, 0.25) is 0 Å². The van der Waals surface area contributed by atoms with Gasteiger partial charge in [-0.25, -0.2) is 0 Å². The number of hydrazine groups is 1. The van der Waals surface area contributed by atoms with Crippen LogP contribution in [-0.4, -0.2) is 17.1 Å². The SMILES string of the molecule is Cc1cc(C)c(C)c(S[C@H](C)C(=O)NNC(=O)c2ccccc2)c1C. The van der Waals surface area contributed by atoms with Crippen LogP contribution in [0.1, 0.15) is 39.5 Å². The van der Waals surface area contributed by atoms with Gasteiger partial charge in [-0.3, -0.25) is 20.4 Å². The Morgan fingerprint density at radius 3 is 2.04 bits per heavy atom. The number of thioether (sulfide) groups is 1. The van der Waals surface area contributed by atoms with Crippen molar-refractivity contribution in [3.63, 3.8) is 0 Å². The first-order chi connectivity index (χ1) is 11.8. The molecular formula is C20H24N2O2S. The fourth-order valence-electron chi connectivity index (χ4n) is 2.47. The van der Waals surface area contributed by atoms with Gasteiger partial charge in [-0.15, -0.1) is 11.8 Å². The molecule has 0 saturated heterocycles. The highest BCUT2D eigenvalue weighted by atomic mass is 32.2. The second kappa shape index (κ2) is 8.21. The van der Waals surface area contributed by atoms with Crippen molar-refractivity contribution in [1.29, 1.82) is 0 Å². The number of carbonyl (C=O) groups excluding carboxylic acids is 2. The third kappa shape index (κ3) is 4.63. The van der Waals surface area contributed by atoms with E-state index in [9.17, 15) is 9.59 Å². The van der Waals surface area contributed by atoms with E-state index in [1.54, 1.807) is 24.3 Å². The maximum Gasteiger partial charge on any atom is 0.269 e. The van der Waals surface area contributed by atoms with Gasteiger partial charge >= 0.3 is 0 Å². The van der Waals surface area contributed by atoms with Crippen LogP contribution in [0.4, 0.5) is 0 Å². The molecule has 0 aromatic heterocycles. The molecule has 132 valence electrons. The molecule has 2 aromatic rings. The van der Waals surface area contributed by atoms with Crippen LogP contribution in [0.15, 0.2) is 41.3 Å². The Morgan fingerprint density at radius 2 is 1.48 bits per heavy atom. The summed E-state index contributed by atoms with van der Waals surface area (Å²) in [7, 11) is 0. The van der Waals surface area contributed by atoms with E-state index in [-0.39, 0.29) is 17.1 Å². The van der Waals surface area contributed by atoms with E-state index in [4.69, 9.17) is 0 Å². The zero-order chi connectivity index (χ0) is 18.6. The molecule has 2 N–H and O–H groups in total. The molecule has 0 bridgehead atoms. The minimum atomic E-state index is -0.329. The number of aryl methyl sites for hydroxylation is 2. The van der Waals surface area contributed by atoms with Gasteiger partial charge in [0.05, 0.1) is 5.25 Å². The predicted molar refractivity (Wildman–Crippen MR) is 103 cm³/mol. The monoisotopic (exact) mass is 356 g/mol. The number of hydrogen-bond acceptors (Lipinski definition) is 3. The minimum absolute atomic E-state index is 0.229. The third-order valence-electron chi connectivity index (χ3n) is 4.30. The molecule has 0 fully saturated rings. The van der Waals surface area contributed by atoms with E-state index in [0.29, 0.717) is 5.56 Å². The average Bonchev–Trinajstić information content (AvgIpc) is 2.61. The topological polar surface area (TPSA) is 58.2 Å². The lowest BCUT2D eigenvalue weighted by atomic mass is 10.0. The number of nitrogens with one attached hydrogen (secondary N) is 2. The maximum absolute atomic E-state index is 12.3. The van der Waals surface area contributed by atoms with E-state index in [1.807, 2.05) is 13.0 Å². The predicted octanol–water partition coefficient (Wildman–Crippen LogP) is 3.86. The third-order valence-corrected chi connectivity index (χ3v) is 5.71. The molecule has 0 aliphatic rings. The summed E-state index contributed by atoms with van der Waals surface area (Å²) in [6, 6.07) is 11.0. The number of benzene rings is 2. The van der Waals surface area contributed by atoms with Crippen LogP contribution in [0.2, 0.25) is 0 Å². The molecule has 0 aliphatic heterocycles. The largest absolute Gasteiger partial charge is 0.272 e. The smallest absolute Gasteiger partial charge is 0.269 e. The second-order valence-electron chi connectivity index (χ2n) is 6.16. The lowest BCUT2D eigenvalue weighted by Gasteiger charge is -2.18. The normalized spacial score (nSPS) is 11.7. The van der Waals surface area contributed by atoms with Crippen molar-refractivity contribution in [2.45, 2.75) is 44.8 Å². The van der Waals surface area contributed by atoms with Gasteiger partial charge in [0, 0.05) is 10.5 Å². The van der Waals surface area contributed by atoms with E-state index >= 15 is 0 Å². The van der Waals surface area contributed by atoms with Gasteiger partial charge in [-0.1, -0.05) is 24.3 Å². The lowest BCUT2D eigenvalue weighted by Crippen LogP contribution is -2.44. The Balaban J connectivity index is 2.01. The van der Waals surface area contributed by atoms with Crippen LogP contribution < -0.4 is 10.9 Å². The number of amides is 2. The van der Waals surface area contributed by atoms with Crippen LogP contribution in [0.25, 0.3) is 0 Å². The van der Waals surface area contributed by atoms with Gasteiger partial charge in [0.25, 0.3) is 11.8 Å². The number of rotatable bonds is 4. The first-order valence-corrected chi connectivity index (χ1v) is 9.08. The molecule has 0 unspecified atom stereocenters. The fraction of sp³-hybridized carbons (Fsp3) is 0.300. The summed E-state index contributed by atoms with van der Waals surface area (Å²) < 4.78 is 0. The first kappa shape index (κ1) is 19.1. The van der Waals surface area contributed by atoms with Crippen LogP contribution in [0.5, 0.6) is 0 Å². The standard InChI is InChI=1S/C20H24N2O2S/c1-12-11-13(2)15(4)18(14(12)3)25-16(5)19(23)21-22-20(24)17-9-7-6-8-10-17/h6-11,16H,1-5H3,(H,21,23)(H,22,24)/t16-/m1/s1. The zero-order valence-corrected chi connectivity index (χ0v) is 16.1. The van der Waals surface area contributed by atoms with Crippen molar-refractivity contribution in [3.8, 4) is 0 Å². The molecule has 25 heavy (non-hydrogen) atoms. The van der Waals surface area contributed by atoms with E-state index in [0.717, 1.165) is 4.90 Å². The second-order valence-corrected chi connectivity index (χ2v) is 7.51. The zero-order valence-electron chi connectivity index (χ0n) is 15.3. The summed E-state index contributed by atoms with van der Waals surface area (Å²) >= 11 is 1.52. The van der Waals surface area contributed by atoms with Gasteiger partial charge in [0.15, 0.2) is 0 Å². The molecule has 0 aliphatic carbocycles. The van der Waals surface area contributed by atoms with Crippen molar-refractivity contribution in [3.05, 3.63) is 64.2 Å². The fourth-order valence-corrected chi connectivity index (χ4v) is 3.66. The van der Waals surface area contributed by atoms with E-state index < -0.39 is 0 Å². The van der Waals surface area contributed by atoms with Crippen LogP contribution in [-0.2, 0) is 4.79 Å². The molecule has 0 heterocycles. The summed E-state index contributed by atoms with van der Waals surface area (Å²) in [6.07, 6.45) is 0. The summed E-state index contributed by atoms with van der Waals surface area (Å²) in [4.78, 5) is 25.5. The Hall–Kier alpha value is -2.27. The Bertz CT molecular complexity index is 762. The Morgan fingerprint density at radius 1 is 0.920 bits per heavy atom.